The molecule has 12 heteroatoms. The molecule has 36 heavy (non-hydrogen) atoms. The van der Waals surface area contributed by atoms with E-state index in [0.29, 0.717) is 36.3 Å². The topological polar surface area (TPSA) is 112 Å². The van der Waals surface area contributed by atoms with Gasteiger partial charge in [-0.1, -0.05) is 23.5 Å². The molecular formula is C24H26N6O4S2. The smallest absolute Gasteiger partial charge is 0.357 e. The Morgan fingerprint density at radius 3 is 2.83 bits per heavy atom. The maximum absolute atomic E-state index is 12.0. The van der Waals surface area contributed by atoms with Crippen molar-refractivity contribution in [3.05, 3.63) is 47.0 Å². The number of ether oxygens (including phenoxy) is 3. The van der Waals surface area contributed by atoms with Gasteiger partial charge in [0.25, 0.3) is 0 Å². The molecule has 5 rings (SSSR count). The Balaban J connectivity index is 1.39. The summed E-state index contributed by atoms with van der Waals surface area (Å²) in [6.07, 6.45) is 0.625. The first-order valence-electron chi connectivity index (χ1n) is 11.4. The Hall–Kier alpha value is -3.19. The summed E-state index contributed by atoms with van der Waals surface area (Å²) in [4.78, 5) is 23.0. The van der Waals surface area contributed by atoms with Gasteiger partial charge in [-0.2, -0.15) is 0 Å². The Morgan fingerprint density at radius 2 is 2.11 bits per heavy atom. The third-order valence-corrected chi connectivity index (χ3v) is 7.44. The summed E-state index contributed by atoms with van der Waals surface area (Å²) in [6.45, 7) is 6.84. The lowest BCUT2D eigenvalue weighted by Gasteiger charge is -2.23. The third-order valence-electron chi connectivity index (χ3n) is 5.63. The lowest BCUT2D eigenvalue weighted by atomic mass is 10.2. The zero-order chi connectivity index (χ0) is 25.3. The minimum absolute atomic E-state index is 0.0587. The largest absolute Gasteiger partial charge is 0.464 e. The number of nitrogens with zero attached hydrogens (tertiary/aromatic N) is 5. The SMILES string of the molecule is COC(=O)c1csc(N(CCC2COC(C)(C)O2)c2cc(C)c(Nc3nc4ccccc4s3)nn2)n1. The second-order valence-corrected chi connectivity index (χ2v) is 10.6. The molecule has 0 radical (unpaired) electrons. The first-order chi connectivity index (χ1) is 17.3. The molecule has 0 bridgehead atoms. The average Bonchev–Trinajstić information content (AvgIpc) is 3.58. The van der Waals surface area contributed by atoms with Crippen molar-refractivity contribution in [2.75, 3.05) is 30.5 Å². The normalized spacial score (nSPS) is 16.8. The van der Waals surface area contributed by atoms with E-state index in [1.54, 1.807) is 16.7 Å². The van der Waals surface area contributed by atoms with Gasteiger partial charge in [0.15, 0.2) is 33.4 Å². The number of benzene rings is 1. The van der Waals surface area contributed by atoms with Crippen LogP contribution in [0, 0.1) is 6.92 Å². The number of thiazole rings is 2. The van der Waals surface area contributed by atoms with E-state index in [9.17, 15) is 4.79 Å². The summed E-state index contributed by atoms with van der Waals surface area (Å²) in [6, 6.07) is 9.92. The molecule has 1 aliphatic heterocycles. The van der Waals surface area contributed by atoms with E-state index in [2.05, 4.69) is 25.5 Å². The summed E-state index contributed by atoms with van der Waals surface area (Å²) >= 11 is 2.90. The molecule has 1 N–H and O–H groups in total. The quantitative estimate of drug-likeness (QED) is 0.313. The van der Waals surface area contributed by atoms with E-state index in [1.807, 2.05) is 56.0 Å². The highest BCUT2D eigenvalue weighted by atomic mass is 32.1. The van der Waals surface area contributed by atoms with Crippen LogP contribution < -0.4 is 10.2 Å². The fourth-order valence-electron chi connectivity index (χ4n) is 3.83. The standard InChI is InChI=1S/C24H26N6O4S2/c1-14-11-19(28-29-20(14)27-22-25-16-7-5-6-8-18(16)36-22)30(10-9-15-12-33-24(2,3)34-15)23-26-17(13-35-23)21(31)32-4/h5-8,11,13,15H,9-10,12H2,1-4H3,(H,25,27,29). The monoisotopic (exact) mass is 526 g/mol. The van der Waals surface area contributed by atoms with Gasteiger partial charge in [0.1, 0.15) is 0 Å². The van der Waals surface area contributed by atoms with Crippen LogP contribution in [0.1, 0.15) is 36.3 Å². The molecule has 188 valence electrons. The molecule has 3 aromatic heterocycles. The van der Waals surface area contributed by atoms with Crippen LogP contribution in [0.15, 0.2) is 35.7 Å². The summed E-state index contributed by atoms with van der Waals surface area (Å²) < 4.78 is 17.6. The predicted octanol–water partition coefficient (Wildman–Crippen LogP) is 5.06. The van der Waals surface area contributed by atoms with Crippen molar-refractivity contribution in [1.82, 2.24) is 20.2 Å². The Morgan fingerprint density at radius 1 is 1.28 bits per heavy atom. The van der Waals surface area contributed by atoms with Crippen molar-refractivity contribution >= 4 is 60.8 Å². The first-order valence-corrected chi connectivity index (χ1v) is 13.1. The average molecular weight is 527 g/mol. The molecule has 1 unspecified atom stereocenters. The lowest BCUT2D eigenvalue weighted by molar-refractivity contribution is -0.138. The van der Waals surface area contributed by atoms with Crippen LogP contribution in [0.2, 0.25) is 0 Å². The minimum Gasteiger partial charge on any atom is -0.464 e. The number of aromatic nitrogens is 4. The zero-order valence-corrected chi connectivity index (χ0v) is 22.0. The van der Waals surface area contributed by atoms with E-state index in [-0.39, 0.29) is 11.8 Å². The molecule has 1 aliphatic rings. The van der Waals surface area contributed by atoms with Crippen LogP contribution in [0.5, 0.6) is 0 Å². The van der Waals surface area contributed by atoms with Crippen molar-refractivity contribution in [3.63, 3.8) is 0 Å². The molecule has 4 aromatic rings. The second kappa shape index (κ2) is 10.1. The van der Waals surface area contributed by atoms with Crippen LogP contribution in [-0.2, 0) is 14.2 Å². The number of rotatable bonds is 8. The number of hydrogen-bond donors (Lipinski definition) is 1. The molecule has 0 amide bonds. The van der Waals surface area contributed by atoms with Gasteiger partial charge >= 0.3 is 5.97 Å². The number of para-hydroxylation sites is 1. The number of esters is 1. The number of carbonyl (C=O) groups is 1. The Labute approximate surface area is 216 Å². The molecule has 1 atom stereocenters. The molecule has 0 aliphatic carbocycles. The van der Waals surface area contributed by atoms with E-state index >= 15 is 0 Å². The number of nitrogens with one attached hydrogen (secondary N) is 1. The minimum atomic E-state index is -0.598. The van der Waals surface area contributed by atoms with Crippen molar-refractivity contribution in [2.24, 2.45) is 0 Å². The highest BCUT2D eigenvalue weighted by Crippen LogP contribution is 2.33. The Kier molecular flexibility index (Phi) is 6.84. The van der Waals surface area contributed by atoms with Gasteiger partial charge in [0, 0.05) is 11.9 Å². The summed E-state index contributed by atoms with van der Waals surface area (Å²) in [5.41, 5.74) is 2.09. The van der Waals surface area contributed by atoms with Crippen molar-refractivity contribution in [2.45, 2.75) is 39.1 Å². The van der Waals surface area contributed by atoms with Gasteiger partial charge in [-0.3, -0.25) is 0 Å². The molecule has 10 nitrogen and oxygen atoms in total. The Bertz CT molecular complexity index is 1350. The number of fused-ring (bicyclic) bond motifs is 1. The lowest BCUT2D eigenvalue weighted by Crippen LogP contribution is -2.26. The number of hydrogen-bond acceptors (Lipinski definition) is 12. The van der Waals surface area contributed by atoms with Crippen molar-refractivity contribution in [3.8, 4) is 0 Å². The molecule has 1 saturated heterocycles. The summed E-state index contributed by atoms with van der Waals surface area (Å²) in [7, 11) is 1.34. The van der Waals surface area contributed by atoms with Gasteiger partial charge in [-0.15, -0.1) is 21.5 Å². The van der Waals surface area contributed by atoms with Crippen molar-refractivity contribution < 1.29 is 19.0 Å². The fourth-order valence-corrected chi connectivity index (χ4v) is 5.52. The number of anilines is 4. The van der Waals surface area contributed by atoms with Gasteiger partial charge in [-0.25, -0.2) is 14.8 Å². The van der Waals surface area contributed by atoms with Crippen LogP contribution >= 0.6 is 22.7 Å². The molecule has 1 fully saturated rings. The summed E-state index contributed by atoms with van der Waals surface area (Å²) in [5.74, 6) is 0.163. The molecule has 0 saturated carbocycles. The first kappa shape index (κ1) is 24.5. The molecule has 0 spiro atoms. The van der Waals surface area contributed by atoms with Crippen molar-refractivity contribution in [1.29, 1.82) is 0 Å². The van der Waals surface area contributed by atoms with Gasteiger partial charge in [0.2, 0.25) is 0 Å². The highest BCUT2D eigenvalue weighted by Gasteiger charge is 2.33. The second-order valence-electron chi connectivity index (χ2n) is 8.74. The maximum atomic E-state index is 12.0. The van der Waals surface area contributed by atoms with E-state index in [0.717, 1.165) is 20.9 Å². The number of carbonyl (C=O) groups excluding carboxylic acids is 1. The third kappa shape index (κ3) is 5.31. The predicted molar refractivity (Wildman–Crippen MR) is 140 cm³/mol. The zero-order valence-electron chi connectivity index (χ0n) is 20.3. The van der Waals surface area contributed by atoms with Crippen LogP contribution in [0.3, 0.4) is 0 Å². The van der Waals surface area contributed by atoms with E-state index in [1.165, 1.54) is 18.4 Å². The molecule has 1 aromatic carbocycles. The van der Waals surface area contributed by atoms with Crippen LogP contribution in [0.25, 0.3) is 10.2 Å². The molecule has 4 heterocycles. The van der Waals surface area contributed by atoms with E-state index in [4.69, 9.17) is 14.2 Å². The molecular weight excluding hydrogens is 500 g/mol. The van der Waals surface area contributed by atoms with Gasteiger partial charge < -0.3 is 24.4 Å². The van der Waals surface area contributed by atoms with Gasteiger partial charge in [-0.05, 0) is 51.0 Å². The number of methoxy groups -OCH3 is 1. The maximum Gasteiger partial charge on any atom is 0.357 e. The van der Waals surface area contributed by atoms with E-state index < -0.39 is 11.8 Å². The highest BCUT2D eigenvalue weighted by molar-refractivity contribution is 7.22. The summed E-state index contributed by atoms with van der Waals surface area (Å²) in [5, 5.41) is 15.3. The van der Waals surface area contributed by atoms with Crippen LogP contribution in [-0.4, -0.2) is 58.3 Å². The van der Waals surface area contributed by atoms with Crippen LogP contribution in [0.4, 0.5) is 21.9 Å². The fraction of sp³-hybridized carbons (Fsp3) is 0.375. The number of aryl methyl sites for hydroxylation is 1. The van der Waals surface area contributed by atoms with Gasteiger partial charge in [0.05, 0.1) is 30.0 Å².